The third-order valence-electron chi connectivity index (χ3n) is 4.36. The predicted molar refractivity (Wildman–Crippen MR) is 82.2 cm³/mol. The fraction of sp³-hybridized carbons (Fsp3) is 0.938. The summed E-state index contributed by atoms with van der Waals surface area (Å²) in [4.78, 5) is 11.9. The Morgan fingerprint density at radius 1 is 1.05 bits per heavy atom. The van der Waals surface area contributed by atoms with Crippen molar-refractivity contribution < 1.29 is 14.6 Å². The Bertz CT molecular complexity index is 346. The number of hydrogen-bond donors (Lipinski definition) is 3. The molecule has 0 spiro atoms. The van der Waals surface area contributed by atoms with Gasteiger partial charge in [0.05, 0.1) is 6.10 Å². The summed E-state index contributed by atoms with van der Waals surface area (Å²) in [6.07, 6.45) is 6.61. The molecule has 0 saturated heterocycles. The molecule has 122 valence electrons. The molecule has 2 aliphatic carbocycles. The summed E-state index contributed by atoms with van der Waals surface area (Å²) in [6, 6.07) is 0.962. The number of amides is 1. The topological polar surface area (TPSA) is 70.6 Å². The van der Waals surface area contributed by atoms with Crippen molar-refractivity contribution in [2.45, 2.75) is 95.5 Å². The third kappa shape index (κ3) is 5.47. The summed E-state index contributed by atoms with van der Waals surface area (Å²) in [6.45, 7) is 5.64. The van der Waals surface area contributed by atoms with Crippen molar-refractivity contribution in [2.75, 3.05) is 0 Å². The van der Waals surface area contributed by atoms with Crippen molar-refractivity contribution >= 4 is 6.09 Å². The molecule has 2 aliphatic rings. The van der Waals surface area contributed by atoms with Gasteiger partial charge in [0.1, 0.15) is 5.60 Å². The Morgan fingerprint density at radius 3 is 2.29 bits per heavy atom. The molecule has 0 heterocycles. The summed E-state index contributed by atoms with van der Waals surface area (Å²) in [5, 5.41) is 16.3. The van der Waals surface area contributed by atoms with Gasteiger partial charge in [-0.3, -0.25) is 0 Å². The second-order valence-corrected chi connectivity index (χ2v) is 7.46. The molecule has 5 heteroatoms. The van der Waals surface area contributed by atoms with Crippen LogP contribution in [0.15, 0.2) is 0 Å². The summed E-state index contributed by atoms with van der Waals surface area (Å²) in [5.41, 5.74) is -0.453. The maximum absolute atomic E-state index is 11.9. The van der Waals surface area contributed by atoms with Crippen LogP contribution in [0.25, 0.3) is 0 Å². The first-order valence-electron chi connectivity index (χ1n) is 8.27. The molecule has 0 aromatic rings. The van der Waals surface area contributed by atoms with E-state index in [0.29, 0.717) is 12.1 Å². The summed E-state index contributed by atoms with van der Waals surface area (Å²) >= 11 is 0. The van der Waals surface area contributed by atoms with Crippen LogP contribution in [0.1, 0.15) is 65.7 Å². The molecular weight excluding hydrogens is 268 g/mol. The van der Waals surface area contributed by atoms with Crippen LogP contribution in [0.4, 0.5) is 4.79 Å². The summed E-state index contributed by atoms with van der Waals surface area (Å²) in [7, 11) is 0. The molecule has 2 fully saturated rings. The second kappa shape index (κ2) is 6.97. The highest BCUT2D eigenvalue weighted by atomic mass is 16.6. The van der Waals surface area contributed by atoms with Crippen LogP contribution in [0.5, 0.6) is 0 Å². The van der Waals surface area contributed by atoms with E-state index in [1.807, 2.05) is 20.8 Å². The normalized spacial score (nSPS) is 33.7. The van der Waals surface area contributed by atoms with Crippen LogP contribution in [-0.2, 0) is 4.74 Å². The van der Waals surface area contributed by atoms with E-state index < -0.39 is 5.60 Å². The standard InChI is InChI=1S/C16H30N2O3/c1-16(2,3)21-15(20)18-14-6-4-5-13(14)17-11-7-9-12(19)10-8-11/h11-14,17,19H,4-10H2,1-3H3,(H,18,20)/t11?,12?,13-,14-/m0/s1. The Morgan fingerprint density at radius 2 is 1.67 bits per heavy atom. The molecule has 0 radical (unpaired) electrons. The minimum atomic E-state index is -0.453. The number of alkyl carbamates (subject to hydrolysis) is 1. The molecule has 0 unspecified atom stereocenters. The zero-order valence-electron chi connectivity index (χ0n) is 13.5. The number of carbonyl (C=O) groups is 1. The van der Waals surface area contributed by atoms with E-state index in [1.54, 1.807) is 0 Å². The lowest BCUT2D eigenvalue weighted by molar-refractivity contribution is 0.0494. The van der Waals surface area contributed by atoms with Gasteiger partial charge in [-0.15, -0.1) is 0 Å². The molecule has 0 aliphatic heterocycles. The van der Waals surface area contributed by atoms with E-state index in [0.717, 1.165) is 44.9 Å². The molecule has 2 atom stereocenters. The number of rotatable bonds is 3. The minimum Gasteiger partial charge on any atom is -0.444 e. The van der Waals surface area contributed by atoms with E-state index in [1.165, 1.54) is 0 Å². The monoisotopic (exact) mass is 298 g/mol. The Labute approximate surface area is 127 Å². The van der Waals surface area contributed by atoms with Crippen molar-refractivity contribution in [1.29, 1.82) is 0 Å². The van der Waals surface area contributed by atoms with Crippen LogP contribution in [0.2, 0.25) is 0 Å². The van der Waals surface area contributed by atoms with Crippen molar-refractivity contribution in [3.05, 3.63) is 0 Å². The minimum absolute atomic E-state index is 0.123. The van der Waals surface area contributed by atoms with Crippen molar-refractivity contribution in [2.24, 2.45) is 0 Å². The Kier molecular flexibility index (Phi) is 5.49. The fourth-order valence-electron chi connectivity index (χ4n) is 3.34. The molecular formula is C16H30N2O3. The Hall–Kier alpha value is -0.810. The van der Waals surface area contributed by atoms with E-state index in [-0.39, 0.29) is 18.2 Å². The SMILES string of the molecule is CC(C)(C)OC(=O)N[C@H]1CCC[C@@H]1NC1CCC(O)CC1. The van der Waals surface area contributed by atoms with Crippen LogP contribution in [0.3, 0.4) is 0 Å². The quantitative estimate of drug-likeness (QED) is 0.748. The van der Waals surface area contributed by atoms with E-state index in [9.17, 15) is 9.90 Å². The highest BCUT2D eigenvalue weighted by Gasteiger charge is 2.32. The number of hydrogen-bond acceptors (Lipinski definition) is 4. The molecule has 0 bridgehead atoms. The van der Waals surface area contributed by atoms with Gasteiger partial charge in [-0.2, -0.15) is 0 Å². The van der Waals surface area contributed by atoms with Gasteiger partial charge in [0, 0.05) is 18.1 Å². The molecule has 0 aromatic carbocycles. The second-order valence-electron chi connectivity index (χ2n) is 7.46. The van der Waals surface area contributed by atoms with E-state index >= 15 is 0 Å². The van der Waals surface area contributed by atoms with Gasteiger partial charge >= 0.3 is 6.09 Å². The van der Waals surface area contributed by atoms with Gasteiger partial charge < -0.3 is 20.5 Å². The van der Waals surface area contributed by atoms with Gasteiger partial charge in [0.2, 0.25) is 0 Å². The number of carbonyl (C=O) groups excluding carboxylic acids is 1. The lowest BCUT2D eigenvalue weighted by atomic mass is 9.92. The Balaban J connectivity index is 1.79. The highest BCUT2D eigenvalue weighted by molar-refractivity contribution is 5.68. The van der Waals surface area contributed by atoms with E-state index in [2.05, 4.69) is 10.6 Å². The number of aliphatic hydroxyl groups is 1. The summed E-state index contributed by atoms with van der Waals surface area (Å²) < 4.78 is 5.34. The first-order valence-corrected chi connectivity index (χ1v) is 8.27. The molecule has 1 amide bonds. The molecule has 5 nitrogen and oxygen atoms in total. The van der Waals surface area contributed by atoms with Gasteiger partial charge in [-0.25, -0.2) is 4.79 Å². The highest BCUT2D eigenvalue weighted by Crippen LogP contribution is 2.24. The van der Waals surface area contributed by atoms with Gasteiger partial charge in [-0.1, -0.05) is 0 Å². The van der Waals surface area contributed by atoms with Crippen molar-refractivity contribution in [3.8, 4) is 0 Å². The lowest BCUT2D eigenvalue weighted by Crippen LogP contribution is -2.51. The lowest BCUT2D eigenvalue weighted by Gasteiger charge is -2.32. The average molecular weight is 298 g/mol. The van der Waals surface area contributed by atoms with Crippen molar-refractivity contribution in [1.82, 2.24) is 10.6 Å². The van der Waals surface area contributed by atoms with Gasteiger partial charge in [0.15, 0.2) is 0 Å². The molecule has 21 heavy (non-hydrogen) atoms. The van der Waals surface area contributed by atoms with Crippen LogP contribution in [0, 0.1) is 0 Å². The molecule has 0 aromatic heterocycles. The predicted octanol–water partition coefficient (Wildman–Crippen LogP) is 2.33. The molecule has 3 N–H and O–H groups in total. The zero-order valence-corrected chi connectivity index (χ0v) is 13.5. The van der Waals surface area contributed by atoms with E-state index in [4.69, 9.17) is 4.74 Å². The van der Waals surface area contributed by atoms with Gasteiger partial charge in [-0.05, 0) is 65.7 Å². The third-order valence-corrected chi connectivity index (χ3v) is 4.36. The average Bonchev–Trinajstić information content (AvgIpc) is 2.77. The largest absolute Gasteiger partial charge is 0.444 e. The van der Waals surface area contributed by atoms with Crippen LogP contribution >= 0.6 is 0 Å². The van der Waals surface area contributed by atoms with Gasteiger partial charge in [0.25, 0.3) is 0 Å². The number of aliphatic hydroxyl groups excluding tert-OH is 1. The maximum atomic E-state index is 11.9. The first-order chi connectivity index (χ1) is 9.83. The fourth-order valence-corrected chi connectivity index (χ4v) is 3.34. The van der Waals surface area contributed by atoms with Crippen LogP contribution in [-0.4, -0.2) is 41.0 Å². The zero-order chi connectivity index (χ0) is 15.5. The van der Waals surface area contributed by atoms with Crippen LogP contribution < -0.4 is 10.6 Å². The first kappa shape index (κ1) is 16.6. The maximum Gasteiger partial charge on any atom is 0.407 e. The molecule has 2 rings (SSSR count). The van der Waals surface area contributed by atoms with Crippen molar-refractivity contribution in [3.63, 3.8) is 0 Å². The molecule has 2 saturated carbocycles. The number of nitrogens with one attached hydrogen (secondary N) is 2. The smallest absolute Gasteiger partial charge is 0.407 e. The summed E-state index contributed by atoms with van der Waals surface area (Å²) in [5.74, 6) is 0. The number of ether oxygens (including phenoxy) is 1.